The second-order valence-corrected chi connectivity index (χ2v) is 4.85. The monoisotopic (exact) mass is 289 g/mol. The van der Waals surface area contributed by atoms with Gasteiger partial charge in [-0.3, -0.25) is 5.32 Å². The summed E-state index contributed by atoms with van der Waals surface area (Å²) in [6, 6.07) is 7.49. The van der Waals surface area contributed by atoms with Crippen LogP contribution in [0.15, 0.2) is 30.6 Å². The van der Waals surface area contributed by atoms with Gasteiger partial charge in [0, 0.05) is 0 Å². The molecule has 1 unspecified atom stereocenters. The summed E-state index contributed by atoms with van der Waals surface area (Å²) in [6.45, 7) is 4.57. The Morgan fingerprint density at radius 1 is 1.48 bits per heavy atom. The van der Waals surface area contributed by atoms with Crippen LogP contribution < -0.4 is 5.32 Å². The summed E-state index contributed by atoms with van der Waals surface area (Å²) in [5.74, 6) is -0.329. The molecule has 2 rings (SSSR count). The molecule has 0 saturated carbocycles. The van der Waals surface area contributed by atoms with Crippen molar-refractivity contribution in [3.05, 3.63) is 36.2 Å². The van der Waals surface area contributed by atoms with Crippen LogP contribution in [-0.4, -0.2) is 39.8 Å². The Labute approximate surface area is 123 Å². The van der Waals surface area contributed by atoms with Crippen LogP contribution in [0.1, 0.15) is 25.8 Å². The number of ether oxygens (including phenoxy) is 1. The van der Waals surface area contributed by atoms with Crippen LogP contribution in [-0.2, 0) is 15.1 Å². The number of carbonyl (C=O) groups is 1. The third kappa shape index (κ3) is 3.08. The summed E-state index contributed by atoms with van der Waals surface area (Å²) < 4.78 is 6.49. The minimum atomic E-state index is -0.908. The van der Waals surface area contributed by atoms with Crippen molar-refractivity contribution in [2.24, 2.45) is 0 Å². The maximum absolute atomic E-state index is 12.2. The predicted octanol–water partition coefficient (Wildman–Crippen LogP) is 1.05. The van der Waals surface area contributed by atoms with Gasteiger partial charge < -0.3 is 4.74 Å². The lowest BCUT2D eigenvalue weighted by Gasteiger charge is -2.28. The predicted molar refractivity (Wildman–Crippen MR) is 76.8 cm³/mol. The molecule has 7 heteroatoms. The second-order valence-electron chi connectivity index (χ2n) is 4.85. The zero-order chi connectivity index (χ0) is 15.3. The van der Waals surface area contributed by atoms with E-state index in [0.29, 0.717) is 6.54 Å². The van der Waals surface area contributed by atoms with Crippen LogP contribution in [0.2, 0.25) is 0 Å². The fourth-order valence-corrected chi connectivity index (χ4v) is 2.11. The van der Waals surface area contributed by atoms with E-state index in [9.17, 15) is 4.79 Å². The van der Waals surface area contributed by atoms with Gasteiger partial charge in [0.25, 0.3) is 0 Å². The van der Waals surface area contributed by atoms with E-state index in [1.165, 1.54) is 13.4 Å². The molecule has 7 nitrogen and oxygen atoms in total. The molecule has 1 N–H and O–H groups in total. The van der Waals surface area contributed by atoms with E-state index < -0.39 is 5.54 Å². The summed E-state index contributed by atoms with van der Waals surface area (Å²) >= 11 is 0. The molecule has 0 radical (unpaired) electrons. The van der Waals surface area contributed by atoms with Crippen molar-refractivity contribution in [3.63, 3.8) is 0 Å². The molecule has 1 aromatic heterocycles. The van der Waals surface area contributed by atoms with Crippen LogP contribution in [0, 0.1) is 0 Å². The zero-order valence-corrected chi connectivity index (χ0v) is 12.4. The van der Waals surface area contributed by atoms with Crippen molar-refractivity contribution >= 4 is 5.97 Å². The van der Waals surface area contributed by atoms with Gasteiger partial charge in [0.1, 0.15) is 11.9 Å². The average molecular weight is 289 g/mol. The van der Waals surface area contributed by atoms with E-state index in [4.69, 9.17) is 4.74 Å². The van der Waals surface area contributed by atoms with Crippen LogP contribution in [0.25, 0.3) is 5.69 Å². The fraction of sp³-hybridized carbons (Fsp3) is 0.429. The van der Waals surface area contributed by atoms with E-state index in [1.54, 1.807) is 4.68 Å². The van der Waals surface area contributed by atoms with Gasteiger partial charge in [-0.05, 0) is 48.0 Å². The lowest BCUT2D eigenvalue weighted by Crippen LogP contribution is -2.47. The van der Waals surface area contributed by atoms with Gasteiger partial charge in [-0.25, -0.2) is 9.48 Å². The number of aromatic nitrogens is 4. The third-order valence-electron chi connectivity index (χ3n) is 3.36. The van der Waals surface area contributed by atoms with Crippen molar-refractivity contribution in [1.29, 1.82) is 0 Å². The molecule has 0 amide bonds. The molecular weight excluding hydrogens is 270 g/mol. The molecule has 0 aliphatic rings. The van der Waals surface area contributed by atoms with Gasteiger partial charge in [-0.1, -0.05) is 19.1 Å². The summed E-state index contributed by atoms with van der Waals surface area (Å²) in [4.78, 5) is 12.2. The minimum absolute atomic E-state index is 0.329. The normalized spacial score (nSPS) is 13.7. The molecule has 21 heavy (non-hydrogen) atoms. The summed E-state index contributed by atoms with van der Waals surface area (Å²) in [5.41, 5.74) is 0.677. The maximum atomic E-state index is 12.2. The topological polar surface area (TPSA) is 81.9 Å². The summed E-state index contributed by atoms with van der Waals surface area (Å²) in [7, 11) is 1.39. The van der Waals surface area contributed by atoms with Crippen LogP contribution >= 0.6 is 0 Å². The highest BCUT2D eigenvalue weighted by molar-refractivity contribution is 5.82. The van der Waals surface area contributed by atoms with Crippen molar-refractivity contribution in [2.75, 3.05) is 13.7 Å². The molecule has 0 aliphatic carbocycles. The molecular formula is C14H19N5O2. The number of nitrogens with zero attached hydrogens (tertiary/aromatic N) is 4. The number of tetrazole rings is 1. The van der Waals surface area contributed by atoms with Crippen LogP contribution in [0.5, 0.6) is 0 Å². The maximum Gasteiger partial charge on any atom is 0.330 e. The number of carbonyl (C=O) groups excluding carboxylic acids is 1. The molecule has 0 bridgehead atoms. The Morgan fingerprint density at radius 2 is 2.29 bits per heavy atom. The quantitative estimate of drug-likeness (QED) is 0.800. The molecule has 0 fully saturated rings. The van der Waals surface area contributed by atoms with Crippen molar-refractivity contribution in [2.45, 2.75) is 25.8 Å². The van der Waals surface area contributed by atoms with Gasteiger partial charge in [-0.15, -0.1) is 5.10 Å². The standard InChI is InChI=1S/C14H19N5O2/c1-4-8-15-14(2,13(20)21-3)11-6-5-7-12(9-11)19-10-16-17-18-19/h5-7,9-10,15H,4,8H2,1-3H3. The van der Waals surface area contributed by atoms with Gasteiger partial charge >= 0.3 is 5.97 Å². The molecule has 2 aromatic rings. The van der Waals surface area contributed by atoms with Gasteiger partial charge in [0.05, 0.1) is 12.8 Å². The number of nitrogens with one attached hydrogen (secondary N) is 1. The first-order valence-electron chi connectivity index (χ1n) is 6.79. The fourth-order valence-electron chi connectivity index (χ4n) is 2.11. The Bertz CT molecular complexity index is 599. The Balaban J connectivity index is 2.40. The molecule has 0 aliphatic heterocycles. The number of rotatable bonds is 6. The summed E-state index contributed by atoms with van der Waals surface area (Å²) in [5, 5.41) is 14.3. The first-order chi connectivity index (χ1) is 10.1. The van der Waals surface area contributed by atoms with Gasteiger partial charge in [-0.2, -0.15) is 0 Å². The lowest BCUT2D eigenvalue weighted by molar-refractivity contribution is -0.148. The Kier molecular flexibility index (Phi) is 4.64. The average Bonchev–Trinajstić information content (AvgIpc) is 3.06. The SMILES string of the molecule is CCCNC(C)(C(=O)OC)c1cccc(-n2cnnn2)c1. The molecule has 1 atom stereocenters. The molecule has 112 valence electrons. The number of esters is 1. The van der Waals surface area contributed by atoms with E-state index in [1.807, 2.05) is 38.1 Å². The number of benzene rings is 1. The van der Waals surface area contributed by atoms with Crippen molar-refractivity contribution < 1.29 is 9.53 Å². The summed E-state index contributed by atoms with van der Waals surface area (Å²) in [6.07, 6.45) is 2.42. The number of methoxy groups -OCH3 is 1. The molecule has 1 aromatic carbocycles. The second kappa shape index (κ2) is 6.45. The first-order valence-corrected chi connectivity index (χ1v) is 6.79. The highest BCUT2D eigenvalue weighted by Crippen LogP contribution is 2.24. The molecule has 1 heterocycles. The number of hydrogen-bond acceptors (Lipinski definition) is 6. The van der Waals surface area contributed by atoms with E-state index >= 15 is 0 Å². The van der Waals surface area contributed by atoms with Gasteiger partial charge in [0.2, 0.25) is 0 Å². The zero-order valence-electron chi connectivity index (χ0n) is 12.4. The highest BCUT2D eigenvalue weighted by atomic mass is 16.5. The first kappa shape index (κ1) is 15.1. The van der Waals surface area contributed by atoms with Crippen LogP contribution in [0.3, 0.4) is 0 Å². The molecule has 0 saturated heterocycles. The van der Waals surface area contributed by atoms with Gasteiger partial charge in [0.15, 0.2) is 0 Å². The van der Waals surface area contributed by atoms with Crippen molar-refractivity contribution in [3.8, 4) is 5.69 Å². The van der Waals surface area contributed by atoms with Crippen molar-refractivity contribution in [1.82, 2.24) is 25.5 Å². The smallest absolute Gasteiger partial charge is 0.330 e. The molecule has 0 spiro atoms. The number of hydrogen-bond donors (Lipinski definition) is 1. The minimum Gasteiger partial charge on any atom is -0.467 e. The Hall–Kier alpha value is -2.28. The van der Waals surface area contributed by atoms with Crippen LogP contribution in [0.4, 0.5) is 0 Å². The van der Waals surface area contributed by atoms with E-state index in [0.717, 1.165) is 17.7 Å². The third-order valence-corrected chi connectivity index (χ3v) is 3.36. The Morgan fingerprint density at radius 3 is 2.90 bits per heavy atom. The van der Waals surface area contributed by atoms with E-state index in [-0.39, 0.29) is 5.97 Å². The largest absolute Gasteiger partial charge is 0.467 e. The highest BCUT2D eigenvalue weighted by Gasteiger charge is 2.35. The lowest BCUT2D eigenvalue weighted by atomic mass is 9.91. The van der Waals surface area contributed by atoms with E-state index in [2.05, 4.69) is 20.8 Å².